The zero-order chi connectivity index (χ0) is 12.8. The third-order valence-corrected chi connectivity index (χ3v) is 2.63. The highest BCUT2D eigenvalue weighted by Crippen LogP contribution is 2.23. The van der Waals surface area contributed by atoms with Crippen LogP contribution in [0, 0.1) is 0 Å². The third kappa shape index (κ3) is 5.17. The zero-order valence-corrected chi connectivity index (χ0v) is 11.4. The Morgan fingerprint density at radius 2 is 2.12 bits per heavy atom. The van der Waals surface area contributed by atoms with E-state index >= 15 is 0 Å². The van der Waals surface area contributed by atoms with E-state index in [4.69, 9.17) is 28.9 Å². The first-order chi connectivity index (χ1) is 7.99. The number of thiocarbonyl (C=S) groups is 1. The molecule has 0 aliphatic heterocycles. The molecule has 0 fully saturated rings. The quantitative estimate of drug-likeness (QED) is 0.510. The summed E-state index contributed by atoms with van der Waals surface area (Å²) in [4.78, 5) is 0. The van der Waals surface area contributed by atoms with E-state index in [0.29, 0.717) is 10.0 Å². The smallest absolute Gasteiger partial charge is 0.184 e. The Labute approximate surface area is 115 Å². The molecule has 0 amide bonds. The Kier molecular flexibility index (Phi) is 5.41. The first kappa shape index (κ1) is 14.0. The highest BCUT2D eigenvalue weighted by Gasteiger charge is 1.96. The maximum atomic E-state index is 5.89. The zero-order valence-electron chi connectivity index (χ0n) is 9.08. The van der Waals surface area contributed by atoms with E-state index in [1.54, 1.807) is 12.1 Å². The third-order valence-electron chi connectivity index (χ3n) is 1.80. The minimum atomic E-state index is 0.132. The summed E-state index contributed by atoms with van der Waals surface area (Å²) in [5.41, 5.74) is 9.42. The fourth-order valence-corrected chi connectivity index (χ4v) is 1.37. The van der Waals surface area contributed by atoms with Gasteiger partial charge in [-0.25, -0.2) is 0 Å². The molecule has 0 unspecified atom stereocenters. The Hall–Kier alpha value is -1.10. The second-order valence-corrected chi connectivity index (χ2v) is 4.49. The fraction of sp³-hybridized carbons (Fsp3) is 0.0909. The molecule has 0 spiro atoms. The topological polar surface area (TPSA) is 50.4 Å². The summed E-state index contributed by atoms with van der Waals surface area (Å²) in [5.74, 6) is 0. The maximum absolute atomic E-state index is 5.89. The standard InChI is InChI=1S/C11H11Cl2N3S/c1-7(15-16-11(14)17)2-3-8-4-5-9(12)10(13)6-8/h2-6H,1H3,(H3,14,16,17)/b3-2-,15-7+. The number of nitrogens with one attached hydrogen (secondary N) is 1. The van der Waals surface area contributed by atoms with Crippen LogP contribution in [-0.4, -0.2) is 10.8 Å². The average Bonchev–Trinajstić information content (AvgIpc) is 2.28. The van der Waals surface area contributed by atoms with E-state index in [2.05, 4.69) is 22.7 Å². The van der Waals surface area contributed by atoms with Gasteiger partial charge in [-0.3, -0.25) is 5.43 Å². The molecule has 1 aromatic rings. The van der Waals surface area contributed by atoms with Gasteiger partial charge in [0.15, 0.2) is 5.11 Å². The van der Waals surface area contributed by atoms with E-state index in [9.17, 15) is 0 Å². The number of benzene rings is 1. The van der Waals surface area contributed by atoms with E-state index in [0.717, 1.165) is 11.3 Å². The van der Waals surface area contributed by atoms with Crippen LogP contribution < -0.4 is 11.2 Å². The lowest BCUT2D eigenvalue weighted by Crippen LogP contribution is -2.24. The number of halogens is 2. The summed E-state index contributed by atoms with van der Waals surface area (Å²) in [5, 5.41) is 5.12. The molecule has 17 heavy (non-hydrogen) atoms. The Morgan fingerprint density at radius 3 is 2.71 bits per heavy atom. The molecule has 0 aromatic heterocycles. The molecule has 0 radical (unpaired) electrons. The molecule has 6 heteroatoms. The second-order valence-electron chi connectivity index (χ2n) is 3.24. The van der Waals surface area contributed by atoms with Crippen LogP contribution in [-0.2, 0) is 0 Å². The fourth-order valence-electron chi connectivity index (χ4n) is 1.01. The average molecular weight is 288 g/mol. The van der Waals surface area contributed by atoms with Crippen molar-refractivity contribution in [3.8, 4) is 0 Å². The molecule has 1 aromatic carbocycles. The minimum absolute atomic E-state index is 0.132. The highest BCUT2D eigenvalue weighted by molar-refractivity contribution is 7.80. The van der Waals surface area contributed by atoms with Crippen molar-refractivity contribution in [3.63, 3.8) is 0 Å². The second kappa shape index (κ2) is 6.59. The molecule has 0 saturated carbocycles. The first-order valence-corrected chi connectivity index (χ1v) is 5.88. The number of nitrogens with zero attached hydrogens (tertiary/aromatic N) is 1. The number of allylic oxidation sites excluding steroid dienone is 1. The van der Waals surface area contributed by atoms with Gasteiger partial charge in [-0.1, -0.05) is 35.3 Å². The summed E-state index contributed by atoms with van der Waals surface area (Å²) >= 11 is 16.3. The normalized spacial score (nSPS) is 11.8. The first-order valence-electron chi connectivity index (χ1n) is 4.72. The minimum Gasteiger partial charge on any atom is -0.375 e. The maximum Gasteiger partial charge on any atom is 0.184 e. The van der Waals surface area contributed by atoms with Gasteiger partial charge in [0.05, 0.1) is 15.8 Å². The van der Waals surface area contributed by atoms with Gasteiger partial charge in [0.1, 0.15) is 0 Å². The number of rotatable bonds is 3. The molecule has 3 N–H and O–H groups in total. The van der Waals surface area contributed by atoms with Gasteiger partial charge in [0.25, 0.3) is 0 Å². The van der Waals surface area contributed by atoms with Crippen LogP contribution in [0.1, 0.15) is 12.5 Å². The molecule has 0 bridgehead atoms. The lowest BCUT2D eigenvalue weighted by Gasteiger charge is -1.98. The van der Waals surface area contributed by atoms with Crippen molar-refractivity contribution >= 4 is 52.3 Å². The largest absolute Gasteiger partial charge is 0.375 e. The monoisotopic (exact) mass is 287 g/mol. The lowest BCUT2D eigenvalue weighted by atomic mass is 10.2. The molecule has 1 rings (SSSR count). The molecule has 3 nitrogen and oxygen atoms in total. The summed E-state index contributed by atoms with van der Waals surface area (Å²) in [6.07, 6.45) is 3.67. The summed E-state index contributed by atoms with van der Waals surface area (Å²) in [7, 11) is 0. The molecular formula is C11H11Cl2N3S. The van der Waals surface area contributed by atoms with E-state index in [1.807, 2.05) is 25.1 Å². The Morgan fingerprint density at radius 1 is 1.41 bits per heavy atom. The molecule has 0 aliphatic carbocycles. The predicted octanol–water partition coefficient (Wildman–Crippen LogP) is 3.22. The van der Waals surface area contributed by atoms with Crippen LogP contribution in [0.4, 0.5) is 0 Å². The van der Waals surface area contributed by atoms with Gasteiger partial charge in [-0.15, -0.1) is 0 Å². The van der Waals surface area contributed by atoms with Crippen LogP contribution in [0.2, 0.25) is 10.0 Å². The SMILES string of the molecule is CC(/C=C\c1ccc(Cl)c(Cl)c1)=N\NC(N)=S. The van der Waals surface area contributed by atoms with E-state index < -0.39 is 0 Å². The van der Waals surface area contributed by atoms with E-state index in [-0.39, 0.29) is 5.11 Å². The molecular weight excluding hydrogens is 277 g/mol. The van der Waals surface area contributed by atoms with Crippen LogP contribution >= 0.6 is 35.4 Å². The summed E-state index contributed by atoms with van der Waals surface area (Å²) in [6, 6.07) is 5.37. The van der Waals surface area contributed by atoms with Gasteiger partial charge in [-0.05, 0) is 42.9 Å². The molecule has 0 heterocycles. The van der Waals surface area contributed by atoms with Crippen molar-refractivity contribution < 1.29 is 0 Å². The Bertz CT molecular complexity index is 484. The van der Waals surface area contributed by atoms with Crippen LogP contribution in [0.5, 0.6) is 0 Å². The van der Waals surface area contributed by atoms with E-state index in [1.165, 1.54) is 0 Å². The number of nitrogens with two attached hydrogens (primary N) is 1. The van der Waals surface area contributed by atoms with Crippen molar-refractivity contribution in [1.82, 2.24) is 5.43 Å². The van der Waals surface area contributed by atoms with Crippen molar-refractivity contribution in [2.45, 2.75) is 6.92 Å². The van der Waals surface area contributed by atoms with Crippen molar-refractivity contribution in [2.75, 3.05) is 0 Å². The lowest BCUT2D eigenvalue weighted by molar-refractivity contribution is 1.03. The van der Waals surface area contributed by atoms with Gasteiger partial charge in [-0.2, -0.15) is 5.10 Å². The molecule has 90 valence electrons. The van der Waals surface area contributed by atoms with Crippen molar-refractivity contribution in [2.24, 2.45) is 10.8 Å². The van der Waals surface area contributed by atoms with Gasteiger partial charge in [0, 0.05) is 0 Å². The molecule has 0 atom stereocenters. The highest BCUT2D eigenvalue weighted by atomic mass is 35.5. The number of hydrazone groups is 1. The number of hydrogen-bond acceptors (Lipinski definition) is 2. The van der Waals surface area contributed by atoms with Crippen LogP contribution in [0.25, 0.3) is 6.08 Å². The summed E-state index contributed by atoms with van der Waals surface area (Å²) in [6.45, 7) is 1.82. The van der Waals surface area contributed by atoms with Gasteiger partial charge in [0.2, 0.25) is 0 Å². The van der Waals surface area contributed by atoms with Gasteiger partial charge < -0.3 is 5.73 Å². The number of hydrogen-bond donors (Lipinski definition) is 2. The van der Waals surface area contributed by atoms with Crippen LogP contribution in [0.3, 0.4) is 0 Å². The van der Waals surface area contributed by atoms with Gasteiger partial charge >= 0.3 is 0 Å². The van der Waals surface area contributed by atoms with Crippen molar-refractivity contribution in [1.29, 1.82) is 0 Å². The summed E-state index contributed by atoms with van der Waals surface area (Å²) < 4.78 is 0. The van der Waals surface area contributed by atoms with Crippen molar-refractivity contribution in [3.05, 3.63) is 39.9 Å². The molecule has 0 aliphatic rings. The van der Waals surface area contributed by atoms with Crippen LogP contribution in [0.15, 0.2) is 29.4 Å². The predicted molar refractivity (Wildman–Crippen MR) is 78.5 cm³/mol. The Balaban J connectivity index is 2.73. The molecule has 0 saturated heterocycles.